The summed E-state index contributed by atoms with van der Waals surface area (Å²) in [7, 11) is 0. The van der Waals surface area contributed by atoms with Gasteiger partial charge in [-0.3, -0.25) is 0 Å². The second-order valence-electron chi connectivity index (χ2n) is 4.24. The Labute approximate surface area is 105 Å². The van der Waals surface area contributed by atoms with Crippen molar-refractivity contribution in [3.63, 3.8) is 0 Å². The second-order valence-corrected chi connectivity index (χ2v) is 4.24. The zero-order valence-corrected chi connectivity index (χ0v) is 11.6. The molecule has 102 valence electrons. The van der Waals surface area contributed by atoms with E-state index in [9.17, 15) is 4.79 Å². The van der Waals surface area contributed by atoms with Crippen molar-refractivity contribution in [1.29, 1.82) is 0 Å². The molecule has 1 atom stereocenters. The van der Waals surface area contributed by atoms with Gasteiger partial charge in [0.1, 0.15) is 0 Å². The maximum absolute atomic E-state index is 11.8. The summed E-state index contributed by atoms with van der Waals surface area (Å²) < 4.78 is 11.0. The highest BCUT2D eigenvalue weighted by molar-refractivity contribution is 5.74. The fourth-order valence-electron chi connectivity index (χ4n) is 1.78. The quantitative estimate of drug-likeness (QED) is 0.633. The largest absolute Gasteiger partial charge is 0.464 e. The Morgan fingerprint density at radius 1 is 1.24 bits per heavy atom. The summed E-state index contributed by atoms with van der Waals surface area (Å²) in [5, 5.41) is 0. The highest BCUT2D eigenvalue weighted by Crippen LogP contribution is 2.23. The molecule has 0 aliphatic carbocycles. The molecule has 0 rings (SSSR count). The van der Waals surface area contributed by atoms with Crippen LogP contribution in [0.5, 0.6) is 0 Å². The Morgan fingerprint density at radius 3 is 2.18 bits per heavy atom. The molecule has 0 aromatic carbocycles. The standard InChI is InChI=1S/C13H27NO3/c1-5-9-11(12(15)16-8-4)17-13(6-2,7-3)10-14/h11H,5-10,14H2,1-4H3. The number of hydrogen-bond acceptors (Lipinski definition) is 4. The van der Waals surface area contributed by atoms with E-state index in [-0.39, 0.29) is 5.97 Å². The predicted molar refractivity (Wildman–Crippen MR) is 68.8 cm³/mol. The van der Waals surface area contributed by atoms with E-state index in [0.29, 0.717) is 19.6 Å². The Hall–Kier alpha value is -0.610. The Morgan fingerprint density at radius 2 is 1.82 bits per heavy atom. The topological polar surface area (TPSA) is 61.5 Å². The molecule has 0 saturated carbocycles. The molecule has 0 radical (unpaired) electrons. The van der Waals surface area contributed by atoms with Crippen LogP contribution in [-0.2, 0) is 14.3 Å². The highest BCUT2D eigenvalue weighted by Gasteiger charge is 2.32. The summed E-state index contributed by atoms with van der Waals surface area (Å²) in [6.45, 7) is 8.71. The van der Waals surface area contributed by atoms with E-state index in [1.165, 1.54) is 0 Å². The van der Waals surface area contributed by atoms with Gasteiger partial charge >= 0.3 is 5.97 Å². The van der Waals surface area contributed by atoms with Gasteiger partial charge in [0.15, 0.2) is 6.10 Å². The van der Waals surface area contributed by atoms with E-state index in [1.807, 2.05) is 20.8 Å². The van der Waals surface area contributed by atoms with Crippen molar-refractivity contribution in [2.45, 2.75) is 65.1 Å². The monoisotopic (exact) mass is 245 g/mol. The maximum Gasteiger partial charge on any atom is 0.335 e. The van der Waals surface area contributed by atoms with Crippen molar-refractivity contribution >= 4 is 5.97 Å². The van der Waals surface area contributed by atoms with Crippen molar-refractivity contribution < 1.29 is 14.3 Å². The zero-order valence-electron chi connectivity index (χ0n) is 11.6. The molecule has 0 amide bonds. The van der Waals surface area contributed by atoms with Gasteiger partial charge in [-0.2, -0.15) is 0 Å². The molecule has 0 saturated heterocycles. The third-order valence-corrected chi connectivity index (χ3v) is 3.15. The smallest absolute Gasteiger partial charge is 0.335 e. The number of carbonyl (C=O) groups is 1. The van der Waals surface area contributed by atoms with Crippen LogP contribution in [0.1, 0.15) is 53.4 Å². The summed E-state index contributed by atoms with van der Waals surface area (Å²) >= 11 is 0. The van der Waals surface area contributed by atoms with Crippen molar-refractivity contribution in [1.82, 2.24) is 0 Å². The Balaban J connectivity index is 4.65. The van der Waals surface area contributed by atoms with Gasteiger partial charge in [-0.05, 0) is 26.2 Å². The van der Waals surface area contributed by atoms with Gasteiger partial charge in [0.2, 0.25) is 0 Å². The molecule has 4 heteroatoms. The van der Waals surface area contributed by atoms with Crippen molar-refractivity contribution in [3.8, 4) is 0 Å². The van der Waals surface area contributed by atoms with Gasteiger partial charge in [-0.25, -0.2) is 4.79 Å². The lowest BCUT2D eigenvalue weighted by atomic mass is 9.96. The molecule has 0 spiro atoms. The van der Waals surface area contributed by atoms with E-state index in [2.05, 4.69) is 0 Å². The van der Waals surface area contributed by atoms with Gasteiger partial charge in [-0.15, -0.1) is 0 Å². The van der Waals surface area contributed by atoms with Crippen LogP contribution in [-0.4, -0.2) is 30.8 Å². The fourth-order valence-corrected chi connectivity index (χ4v) is 1.78. The molecule has 0 aromatic rings. The molecule has 0 aliphatic rings. The van der Waals surface area contributed by atoms with Crippen LogP contribution in [0.2, 0.25) is 0 Å². The third-order valence-electron chi connectivity index (χ3n) is 3.15. The van der Waals surface area contributed by atoms with Gasteiger partial charge < -0.3 is 15.2 Å². The van der Waals surface area contributed by atoms with E-state index < -0.39 is 11.7 Å². The normalized spacial score (nSPS) is 13.5. The number of esters is 1. The third kappa shape index (κ3) is 5.04. The van der Waals surface area contributed by atoms with Crippen LogP contribution in [0, 0.1) is 0 Å². The first-order chi connectivity index (χ1) is 8.09. The number of ether oxygens (including phenoxy) is 2. The lowest BCUT2D eigenvalue weighted by Crippen LogP contribution is -2.45. The van der Waals surface area contributed by atoms with Gasteiger partial charge in [0, 0.05) is 6.54 Å². The van der Waals surface area contributed by atoms with Crippen LogP contribution in [0.4, 0.5) is 0 Å². The summed E-state index contributed by atoms with van der Waals surface area (Å²) in [5.41, 5.74) is 5.37. The lowest BCUT2D eigenvalue weighted by Gasteiger charge is -2.34. The van der Waals surface area contributed by atoms with Crippen LogP contribution in [0.3, 0.4) is 0 Å². The first-order valence-electron chi connectivity index (χ1n) is 6.63. The molecule has 0 bridgehead atoms. The molecule has 4 nitrogen and oxygen atoms in total. The average molecular weight is 245 g/mol. The first-order valence-corrected chi connectivity index (χ1v) is 6.63. The number of hydrogen-bond donors (Lipinski definition) is 1. The minimum absolute atomic E-state index is 0.269. The maximum atomic E-state index is 11.8. The molecule has 2 N–H and O–H groups in total. The molecule has 0 fully saturated rings. The summed E-state index contributed by atoms with van der Waals surface area (Å²) in [5.74, 6) is -0.269. The summed E-state index contributed by atoms with van der Waals surface area (Å²) in [6.07, 6.45) is 2.69. The highest BCUT2D eigenvalue weighted by atomic mass is 16.6. The average Bonchev–Trinajstić information content (AvgIpc) is 2.35. The molecule has 0 heterocycles. The van der Waals surface area contributed by atoms with E-state index in [4.69, 9.17) is 15.2 Å². The van der Waals surface area contributed by atoms with Crippen molar-refractivity contribution in [2.75, 3.05) is 13.2 Å². The number of nitrogens with two attached hydrogens (primary N) is 1. The van der Waals surface area contributed by atoms with Gasteiger partial charge in [-0.1, -0.05) is 27.2 Å². The number of carbonyl (C=O) groups excluding carboxylic acids is 1. The van der Waals surface area contributed by atoms with Crippen molar-refractivity contribution in [2.24, 2.45) is 5.73 Å². The van der Waals surface area contributed by atoms with Gasteiger partial charge in [0.05, 0.1) is 12.2 Å². The summed E-state index contributed by atoms with van der Waals surface area (Å²) in [4.78, 5) is 11.8. The van der Waals surface area contributed by atoms with Gasteiger partial charge in [0.25, 0.3) is 0 Å². The van der Waals surface area contributed by atoms with E-state index >= 15 is 0 Å². The van der Waals surface area contributed by atoms with E-state index in [0.717, 1.165) is 19.3 Å². The van der Waals surface area contributed by atoms with Crippen LogP contribution in [0.25, 0.3) is 0 Å². The predicted octanol–water partition coefficient (Wildman–Crippen LogP) is 2.25. The minimum atomic E-state index is -0.483. The summed E-state index contributed by atoms with van der Waals surface area (Å²) in [6, 6.07) is 0. The minimum Gasteiger partial charge on any atom is -0.464 e. The van der Waals surface area contributed by atoms with Crippen LogP contribution in [0.15, 0.2) is 0 Å². The van der Waals surface area contributed by atoms with Crippen molar-refractivity contribution in [3.05, 3.63) is 0 Å². The van der Waals surface area contributed by atoms with Crippen LogP contribution >= 0.6 is 0 Å². The first kappa shape index (κ1) is 16.4. The second kappa shape index (κ2) is 8.48. The lowest BCUT2D eigenvalue weighted by molar-refractivity contribution is -0.171. The molecular formula is C13H27NO3. The molecular weight excluding hydrogens is 218 g/mol. The Bertz CT molecular complexity index is 206. The number of rotatable bonds is 9. The van der Waals surface area contributed by atoms with Crippen LogP contribution < -0.4 is 5.73 Å². The molecule has 1 unspecified atom stereocenters. The molecule has 17 heavy (non-hydrogen) atoms. The van der Waals surface area contributed by atoms with E-state index in [1.54, 1.807) is 6.92 Å². The SMILES string of the molecule is CCCC(OC(CC)(CC)CN)C(=O)OCC. The molecule has 0 aliphatic heterocycles. The zero-order chi connectivity index (χ0) is 13.3. The molecule has 0 aromatic heterocycles. The Kier molecular flexibility index (Phi) is 8.17. The fraction of sp³-hybridized carbons (Fsp3) is 0.923.